The summed E-state index contributed by atoms with van der Waals surface area (Å²) in [7, 11) is 0. The second-order valence-electron chi connectivity index (χ2n) is 3.83. The number of rotatable bonds is 2. The van der Waals surface area contributed by atoms with E-state index in [-0.39, 0.29) is 5.56 Å². The summed E-state index contributed by atoms with van der Waals surface area (Å²) in [5.41, 5.74) is 7.44. The zero-order valence-electron chi connectivity index (χ0n) is 9.32. The molecule has 0 spiro atoms. The van der Waals surface area contributed by atoms with Crippen molar-refractivity contribution in [3.8, 4) is 0 Å². The first-order valence-corrected chi connectivity index (χ1v) is 5.22. The first-order chi connectivity index (χ1) is 8.11. The van der Waals surface area contributed by atoms with E-state index in [1.54, 1.807) is 12.3 Å². The average Bonchev–Trinajstić information content (AvgIpc) is 2.32. The van der Waals surface area contributed by atoms with Gasteiger partial charge in [-0.05, 0) is 24.6 Å². The molecule has 2 nitrogen and oxygen atoms in total. The molecule has 1 unspecified atom stereocenters. The third kappa shape index (κ3) is 2.17. The Balaban J connectivity index is 2.48. The molecule has 1 atom stereocenters. The summed E-state index contributed by atoms with van der Waals surface area (Å²) in [4.78, 5) is 4.11. The lowest BCUT2D eigenvalue weighted by Crippen LogP contribution is -2.17. The molecule has 0 radical (unpaired) electrons. The molecule has 0 aliphatic carbocycles. The van der Waals surface area contributed by atoms with E-state index < -0.39 is 17.7 Å². The van der Waals surface area contributed by atoms with Crippen LogP contribution in [0, 0.1) is 18.6 Å². The van der Waals surface area contributed by atoms with Gasteiger partial charge in [0.25, 0.3) is 0 Å². The van der Waals surface area contributed by atoms with Gasteiger partial charge >= 0.3 is 0 Å². The van der Waals surface area contributed by atoms with Crippen LogP contribution < -0.4 is 5.73 Å². The molecule has 0 bridgehead atoms. The molecule has 2 rings (SSSR count). The minimum atomic E-state index is -0.912. The highest BCUT2D eigenvalue weighted by molar-refractivity contribution is 5.32. The van der Waals surface area contributed by atoms with Gasteiger partial charge in [0.2, 0.25) is 0 Å². The number of benzene rings is 1. The monoisotopic (exact) mass is 234 g/mol. The van der Waals surface area contributed by atoms with Gasteiger partial charge in [-0.15, -0.1) is 0 Å². The van der Waals surface area contributed by atoms with Gasteiger partial charge in [-0.3, -0.25) is 4.98 Å². The average molecular weight is 234 g/mol. The van der Waals surface area contributed by atoms with Crippen molar-refractivity contribution in [1.29, 1.82) is 0 Å². The van der Waals surface area contributed by atoms with E-state index in [9.17, 15) is 8.78 Å². The zero-order valence-corrected chi connectivity index (χ0v) is 9.32. The van der Waals surface area contributed by atoms with Crippen molar-refractivity contribution in [2.24, 2.45) is 5.73 Å². The highest BCUT2D eigenvalue weighted by Gasteiger charge is 2.18. The molecule has 1 aromatic heterocycles. The van der Waals surface area contributed by atoms with Crippen molar-refractivity contribution in [2.45, 2.75) is 13.0 Å². The lowest BCUT2D eigenvalue weighted by Gasteiger charge is -2.14. The predicted octanol–water partition coefficient (Wildman–Crippen LogP) is 2.72. The van der Waals surface area contributed by atoms with Gasteiger partial charge < -0.3 is 5.73 Å². The van der Waals surface area contributed by atoms with Crippen molar-refractivity contribution in [1.82, 2.24) is 4.98 Å². The lowest BCUT2D eigenvalue weighted by atomic mass is 10.0. The fraction of sp³-hybridized carbons (Fsp3) is 0.154. The summed E-state index contributed by atoms with van der Waals surface area (Å²) >= 11 is 0. The number of halogens is 2. The van der Waals surface area contributed by atoms with Crippen molar-refractivity contribution >= 4 is 0 Å². The van der Waals surface area contributed by atoms with Crippen LogP contribution in [0.25, 0.3) is 0 Å². The van der Waals surface area contributed by atoms with Crippen LogP contribution >= 0.6 is 0 Å². The van der Waals surface area contributed by atoms with Crippen LogP contribution in [0.15, 0.2) is 36.5 Å². The maximum Gasteiger partial charge on any atom is 0.163 e. The van der Waals surface area contributed by atoms with Crippen molar-refractivity contribution in [3.05, 3.63) is 65.0 Å². The third-order valence-corrected chi connectivity index (χ3v) is 2.66. The summed E-state index contributed by atoms with van der Waals surface area (Å²) in [5, 5.41) is 0. The Labute approximate surface area is 98.1 Å². The zero-order chi connectivity index (χ0) is 12.4. The summed E-state index contributed by atoms with van der Waals surface area (Å²) in [5.74, 6) is -1.81. The predicted molar refractivity (Wildman–Crippen MR) is 61.4 cm³/mol. The van der Waals surface area contributed by atoms with Crippen LogP contribution in [0.5, 0.6) is 0 Å². The summed E-state index contributed by atoms with van der Waals surface area (Å²) in [6.45, 7) is 1.83. The molecule has 1 heterocycles. The number of hydrogen-bond donors (Lipinski definition) is 1. The molecule has 2 aromatic rings. The molecule has 1 aromatic carbocycles. The number of hydrogen-bond acceptors (Lipinski definition) is 2. The molecule has 2 N–H and O–H groups in total. The maximum atomic E-state index is 13.6. The Hall–Kier alpha value is -1.81. The second kappa shape index (κ2) is 4.59. The Morgan fingerprint density at radius 2 is 1.94 bits per heavy atom. The molecule has 88 valence electrons. The highest BCUT2D eigenvalue weighted by atomic mass is 19.2. The molecule has 0 aliphatic heterocycles. The Bertz CT molecular complexity index is 541. The normalized spacial score (nSPS) is 12.5. The summed E-state index contributed by atoms with van der Waals surface area (Å²) < 4.78 is 26.7. The number of nitrogens with two attached hydrogens (primary N) is 1. The van der Waals surface area contributed by atoms with E-state index >= 15 is 0 Å². The van der Waals surface area contributed by atoms with Crippen molar-refractivity contribution in [2.75, 3.05) is 0 Å². The Morgan fingerprint density at radius 1 is 1.18 bits per heavy atom. The van der Waals surface area contributed by atoms with Gasteiger partial charge in [-0.2, -0.15) is 0 Å². The van der Waals surface area contributed by atoms with Gasteiger partial charge in [0.1, 0.15) is 0 Å². The van der Waals surface area contributed by atoms with Crippen molar-refractivity contribution in [3.63, 3.8) is 0 Å². The molecule has 0 saturated carbocycles. The van der Waals surface area contributed by atoms with Crippen LogP contribution in [0.2, 0.25) is 0 Å². The van der Waals surface area contributed by atoms with E-state index in [0.29, 0.717) is 5.69 Å². The van der Waals surface area contributed by atoms with Gasteiger partial charge in [0.15, 0.2) is 11.6 Å². The highest BCUT2D eigenvalue weighted by Crippen LogP contribution is 2.24. The van der Waals surface area contributed by atoms with E-state index in [1.165, 1.54) is 12.1 Å². The third-order valence-electron chi connectivity index (χ3n) is 2.66. The number of pyridine rings is 1. The standard InChI is InChI=1S/C13H12F2N2/c1-8-4-3-7-17-13(8)12(16)9-5-2-6-10(14)11(9)15/h2-7,12H,16H2,1H3. The fourth-order valence-corrected chi connectivity index (χ4v) is 1.73. The second-order valence-corrected chi connectivity index (χ2v) is 3.83. The van der Waals surface area contributed by atoms with E-state index in [0.717, 1.165) is 11.6 Å². The molecule has 4 heteroatoms. The van der Waals surface area contributed by atoms with Gasteiger partial charge in [-0.25, -0.2) is 8.78 Å². The van der Waals surface area contributed by atoms with E-state index in [2.05, 4.69) is 4.98 Å². The summed E-state index contributed by atoms with van der Waals surface area (Å²) in [6, 6.07) is 6.82. The minimum Gasteiger partial charge on any atom is -0.319 e. The minimum absolute atomic E-state index is 0.117. The molecular weight excluding hydrogens is 222 g/mol. The quantitative estimate of drug-likeness (QED) is 0.867. The molecular formula is C13H12F2N2. The molecule has 0 fully saturated rings. The van der Waals surface area contributed by atoms with E-state index in [4.69, 9.17) is 5.73 Å². The number of aryl methyl sites for hydroxylation is 1. The first-order valence-electron chi connectivity index (χ1n) is 5.22. The Kier molecular flexibility index (Phi) is 3.15. The van der Waals surface area contributed by atoms with Crippen LogP contribution in [0.3, 0.4) is 0 Å². The molecule has 0 aliphatic rings. The van der Waals surface area contributed by atoms with Crippen LogP contribution in [-0.4, -0.2) is 4.98 Å². The lowest BCUT2D eigenvalue weighted by molar-refractivity contribution is 0.493. The van der Waals surface area contributed by atoms with Gasteiger partial charge in [0, 0.05) is 11.8 Å². The largest absolute Gasteiger partial charge is 0.319 e. The topological polar surface area (TPSA) is 38.9 Å². The molecule has 0 saturated heterocycles. The van der Waals surface area contributed by atoms with E-state index in [1.807, 2.05) is 13.0 Å². The van der Waals surface area contributed by atoms with Gasteiger partial charge in [0.05, 0.1) is 11.7 Å². The van der Waals surface area contributed by atoms with Gasteiger partial charge in [-0.1, -0.05) is 18.2 Å². The van der Waals surface area contributed by atoms with Crippen LogP contribution in [0.1, 0.15) is 22.9 Å². The Morgan fingerprint density at radius 3 is 2.65 bits per heavy atom. The number of nitrogens with zero attached hydrogens (tertiary/aromatic N) is 1. The fourth-order valence-electron chi connectivity index (χ4n) is 1.73. The summed E-state index contributed by atoms with van der Waals surface area (Å²) in [6.07, 6.45) is 1.58. The molecule has 17 heavy (non-hydrogen) atoms. The van der Waals surface area contributed by atoms with Crippen LogP contribution in [0.4, 0.5) is 8.78 Å². The van der Waals surface area contributed by atoms with Crippen molar-refractivity contribution < 1.29 is 8.78 Å². The first kappa shape index (κ1) is 11.7. The number of aromatic nitrogens is 1. The molecule has 0 amide bonds. The SMILES string of the molecule is Cc1cccnc1C(N)c1cccc(F)c1F. The van der Waals surface area contributed by atoms with Crippen LogP contribution in [-0.2, 0) is 0 Å². The smallest absolute Gasteiger partial charge is 0.163 e. The maximum absolute atomic E-state index is 13.6.